The summed E-state index contributed by atoms with van der Waals surface area (Å²) in [5.41, 5.74) is 0. The van der Waals surface area contributed by atoms with Crippen LogP contribution < -0.4 is 0 Å². The first-order valence-corrected chi connectivity index (χ1v) is 34.0. The van der Waals surface area contributed by atoms with E-state index in [1.807, 2.05) is 0 Å². The van der Waals surface area contributed by atoms with Crippen LogP contribution in [0, 0.1) is 0 Å². The second-order valence-corrected chi connectivity index (χ2v) is 19.1. The van der Waals surface area contributed by atoms with Gasteiger partial charge in [-0.2, -0.15) is 37.9 Å². The summed E-state index contributed by atoms with van der Waals surface area (Å²) in [6.07, 6.45) is 74.7. The Morgan fingerprint density at radius 2 is 0.441 bits per heavy atom. The van der Waals surface area contributed by atoms with Crippen molar-refractivity contribution < 1.29 is 14.2 Å². The van der Waals surface area contributed by atoms with E-state index < -0.39 is 0 Å². The molecule has 0 fully saturated rings. The zero-order valence-corrected chi connectivity index (χ0v) is 51.9. The first-order valence-electron chi connectivity index (χ1n) is 28.8. The minimum atomic E-state index is 0.795. The predicted octanol–water partition coefficient (Wildman–Crippen LogP) is 20.2. The number of unbranched alkanes of at least 4 members (excludes halogenated alkanes) is 27. The van der Waals surface area contributed by atoms with Gasteiger partial charge in [0.05, 0.1) is 19.8 Å². The van der Waals surface area contributed by atoms with E-state index in [4.69, 9.17) is 14.2 Å². The summed E-state index contributed by atoms with van der Waals surface area (Å²) in [6, 6.07) is 0. The molecule has 0 aliphatic heterocycles. The number of rotatable bonds is 51. The minimum absolute atomic E-state index is 0.795. The molecule has 0 aliphatic carbocycles. The van der Waals surface area contributed by atoms with E-state index >= 15 is 0 Å². The third-order valence-electron chi connectivity index (χ3n) is 11.2. The third kappa shape index (κ3) is 86.0. The van der Waals surface area contributed by atoms with Crippen LogP contribution in [-0.4, -0.2) is 79.4 Å². The summed E-state index contributed by atoms with van der Waals surface area (Å²) < 4.78 is 16.2. The monoisotopic (exact) mass is 1110 g/mol. The van der Waals surface area contributed by atoms with Crippen molar-refractivity contribution >= 4 is 60.4 Å². The van der Waals surface area contributed by atoms with Crippen molar-refractivity contribution in [3.05, 3.63) is 72.9 Å². The van der Waals surface area contributed by atoms with Crippen LogP contribution in [0.1, 0.15) is 252 Å². The average Bonchev–Trinajstić information content (AvgIpc) is 3.36. The Labute approximate surface area is 458 Å². The fourth-order valence-electron chi connectivity index (χ4n) is 7.08. The second-order valence-electron chi connectivity index (χ2n) is 17.8. The fraction of sp³-hybridized carbons (Fsp3) is 0.803. The van der Waals surface area contributed by atoms with Crippen LogP contribution in [-0.2, 0) is 14.2 Å². The second kappa shape index (κ2) is 81.2. The maximum atomic E-state index is 5.41. The van der Waals surface area contributed by atoms with Crippen LogP contribution in [0.2, 0.25) is 4.94 Å². The molecule has 0 aliphatic rings. The Bertz CT molecular complexity index is 876. The van der Waals surface area contributed by atoms with Crippen LogP contribution in [0.25, 0.3) is 0 Å². The van der Waals surface area contributed by atoms with Crippen LogP contribution >= 0.6 is 37.9 Å². The molecular weight excluding hydrogens is 996 g/mol. The van der Waals surface area contributed by atoms with Gasteiger partial charge in [0.25, 0.3) is 0 Å². The molecule has 402 valence electrons. The summed E-state index contributed by atoms with van der Waals surface area (Å²) >= 11 is 13.7. The van der Waals surface area contributed by atoms with Crippen LogP contribution in [0.4, 0.5) is 0 Å². The molecule has 0 amide bonds. The average molecular weight is 1110 g/mol. The number of thiol groups is 3. The van der Waals surface area contributed by atoms with Gasteiger partial charge in [-0.15, -0.1) is 0 Å². The van der Waals surface area contributed by atoms with Gasteiger partial charge in [-0.05, 0) is 116 Å². The Kier molecular flexibility index (Phi) is 89.2. The molecule has 0 aromatic rings. The van der Waals surface area contributed by atoms with Crippen molar-refractivity contribution in [1.29, 1.82) is 0 Å². The number of hydrogen-bond donors (Lipinski definition) is 3. The summed E-state index contributed by atoms with van der Waals surface area (Å²) in [4.78, 5) is 2.13. The van der Waals surface area contributed by atoms with Gasteiger partial charge >= 0.3 is 27.5 Å². The van der Waals surface area contributed by atoms with E-state index in [-0.39, 0.29) is 0 Å². The molecule has 3 nitrogen and oxygen atoms in total. The van der Waals surface area contributed by atoms with Crippen LogP contribution in [0.5, 0.6) is 0 Å². The zero-order valence-electron chi connectivity index (χ0n) is 45.9. The molecule has 0 heterocycles. The Balaban J connectivity index is -0.000000443. The van der Waals surface area contributed by atoms with Crippen molar-refractivity contribution in [2.75, 3.05) is 56.9 Å². The zero-order chi connectivity index (χ0) is 50.4. The van der Waals surface area contributed by atoms with Crippen LogP contribution in [0.15, 0.2) is 72.9 Å². The fourth-order valence-corrected chi connectivity index (χ4v) is 7.46. The van der Waals surface area contributed by atoms with Gasteiger partial charge in [0.1, 0.15) is 0 Å². The van der Waals surface area contributed by atoms with Gasteiger partial charge in [0.15, 0.2) is 0 Å². The van der Waals surface area contributed by atoms with E-state index in [2.05, 4.69) is 137 Å². The number of ether oxygens (including phenoxy) is 3. The third-order valence-corrected chi connectivity index (χ3v) is 11.7. The Hall–Kier alpha value is 0.169. The van der Waals surface area contributed by atoms with E-state index in [9.17, 15) is 0 Å². The van der Waals surface area contributed by atoms with E-state index in [0.29, 0.717) is 0 Å². The molecule has 0 atom stereocenters. The van der Waals surface area contributed by atoms with Crippen molar-refractivity contribution in [3.8, 4) is 0 Å². The maximum absolute atomic E-state index is 5.41. The van der Waals surface area contributed by atoms with Crippen molar-refractivity contribution in [1.82, 2.24) is 0 Å². The van der Waals surface area contributed by atoms with E-state index in [1.54, 1.807) is 0 Å². The van der Waals surface area contributed by atoms with Crippen molar-refractivity contribution in [2.45, 2.75) is 257 Å². The van der Waals surface area contributed by atoms with Gasteiger partial charge < -0.3 is 14.2 Å². The molecule has 0 aromatic heterocycles. The van der Waals surface area contributed by atoms with Gasteiger partial charge in [0, 0.05) is 37.1 Å². The number of hydrogen-bond acceptors (Lipinski definition) is 6. The van der Waals surface area contributed by atoms with Gasteiger partial charge in [0.2, 0.25) is 0 Å². The molecule has 0 aromatic carbocycles. The van der Waals surface area contributed by atoms with E-state index in [1.165, 1.54) is 234 Å². The van der Waals surface area contributed by atoms with Gasteiger partial charge in [-0.25, -0.2) is 0 Å². The molecule has 2 radical (unpaired) electrons. The number of allylic oxidation sites excluding steroid dienone is 12. The summed E-state index contributed by atoms with van der Waals surface area (Å²) in [5, 5.41) is 0. The Morgan fingerprint density at radius 1 is 0.250 bits per heavy atom. The van der Waals surface area contributed by atoms with Gasteiger partial charge in [-0.3, -0.25) is 0 Å². The summed E-state index contributed by atoms with van der Waals surface area (Å²) in [6.45, 7) is 11.9. The van der Waals surface area contributed by atoms with Crippen molar-refractivity contribution in [2.24, 2.45) is 0 Å². The summed E-state index contributed by atoms with van der Waals surface area (Å²) in [5.74, 6) is 2.51. The van der Waals surface area contributed by atoms with Gasteiger partial charge in [-0.1, -0.05) is 209 Å². The quantitative estimate of drug-likeness (QED) is 0.0245. The van der Waals surface area contributed by atoms with Crippen molar-refractivity contribution in [3.63, 3.8) is 0 Å². The molecule has 0 bridgehead atoms. The molecule has 0 spiro atoms. The van der Waals surface area contributed by atoms with E-state index in [0.717, 1.165) is 76.2 Å². The predicted molar refractivity (Wildman–Crippen MR) is 325 cm³/mol. The first kappa shape index (κ1) is 74.7. The molecule has 68 heavy (non-hydrogen) atoms. The summed E-state index contributed by atoms with van der Waals surface area (Å²) in [7, 11) is 0. The topological polar surface area (TPSA) is 27.7 Å². The molecule has 0 rings (SSSR count). The standard InChI is InChI=1S/3C20H38OS.CH3.Sn.H/c3*1-2-3-4-5-6-7-8-9-10-11-12-13-14-15-16-17-18-21-19-20-22;;;/h3*6-7,9-10,22H,2-5,8,11-20H2,1H3;1H3;;/b3*7-6-,10-9-;;;. The molecule has 0 saturated heterocycles. The normalized spacial score (nSPS) is 11.6. The Morgan fingerprint density at radius 3 is 0.647 bits per heavy atom. The molecule has 0 N–H and O–H groups in total. The molecule has 7 heteroatoms. The van der Waals surface area contributed by atoms with Crippen LogP contribution in [0.3, 0.4) is 0 Å². The molecule has 0 saturated carbocycles. The molecular formula is C61H118O3S3Sn. The molecule has 0 unspecified atom stereocenters. The first-order chi connectivity index (χ1) is 33.7. The SMILES string of the molecule is CCCCC/C=C\C/C=C\CCCCCCCCOCCS.CCCCC/C=C\C/C=C\CCCCCCCCOCCS.CCCCC/C=C\C/C=C\CCCCCCCCOCCS.[CH3][SnH].